The van der Waals surface area contributed by atoms with Crippen LogP contribution in [0.1, 0.15) is 11.1 Å². The topological polar surface area (TPSA) is 25.2 Å². The number of aliphatic hydroxyl groups excluding tert-OH is 1. The zero-order chi connectivity index (χ0) is 13.1. The highest BCUT2D eigenvalue weighted by atomic mass is 16.3. The average Bonchev–Trinajstić information content (AvgIpc) is 2.84. The van der Waals surface area contributed by atoms with Crippen LogP contribution in [0, 0.1) is 0 Å². The summed E-state index contributed by atoms with van der Waals surface area (Å²) in [6.07, 6.45) is 3.07. The van der Waals surface area contributed by atoms with Crippen molar-refractivity contribution in [3.8, 4) is 0 Å². The van der Waals surface area contributed by atoms with E-state index in [4.69, 9.17) is 0 Å². The molecular formula is C17H17NO. The maximum atomic E-state index is 9.42. The van der Waals surface area contributed by atoms with Crippen molar-refractivity contribution in [2.24, 2.45) is 0 Å². The van der Waals surface area contributed by atoms with Crippen molar-refractivity contribution >= 4 is 10.9 Å². The number of benzene rings is 2. The Hall–Kier alpha value is -2.06. The number of rotatable bonds is 4. The molecule has 96 valence electrons. The van der Waals surface area contributed by atoms with Crippen LogP contribution in [0.25, 0.3) is 10.9 Å². The predicted molar refractivity (Wildman–Crippen MR) is 78.0 cm³/mol. The Balaban J connectivity index is 1.89. The predicted octanol–water partition coefficient (Wildman–Crippen LogP) is 3.38. The number of nitrogens with zero attached hydrogens (tertiary/aromatic N) is 1. The van der Waals surface area contributed by atoms with E-state index in [1.807, 2.05) is 18.2 Å². The van der Waals surface area contributed by atoms with Gasteiger partial charge in [0.25, 0.3) is 0 Å². The van der Waals surface area contributed by atoms with Crippen molar-refractivity contribution in [1.29, 1.82) is 0 Å². The van der Waals surface area contributed by atoms with E-state index in [2.05, 4.69) is 47.2 Å². The number of aromatic nitrogens is 1. The normalized spacial score (nSPS) is 11.0. The minimum atomic E-state index is 0.0961. The molecule has 0 bridgehead atoms. The lowest BCUT2D eigenvalue weighted by Gasteiger charge is -2.05. The van der Waals surface area contributed by atoms with Crippen LogP contribution in [0.5, 0.6) is 0 Å². The van der Waals surface area contributed by atoms with Crippen LogP contribution in [0.15, 0.2) is 60.8 Å². The summed E-state index contributed by atoms with van der Waals surface area (Å²) in [5.74, 6) is 0. The lowest BCUT2D eigenvalue weighted by molar-refractivity contribution is 0.283. The van der Waals surface area contributed by atoms with E-state index in [9.17, 15) is 5.11 Å². The van der Waals surface area contributed by atoms with Gasteiger partial charge in [-0.15, -0.1) is 0 Å². The maximum absolute atomic E-state index is 9.42. The van der Waals surface area contributed by atoms with E-state index in [0.29, 0.717) is 0 Å². The zero-order valence-corrected chi connectivity index (χ0v) is 10.8. The first kappa shape index (κ1) is 12.0. The zero-order valence-electron chi connectivity index (χ0n) is 10.8. The molecule has 0 fully saturated rings. The largest absolute Gasteiger partial charge is 0.392 e. The van der Waals surface area contributed by atoms with E-state index in [1.165, 1.54) is 11.1 Å². The van der Waals surface area contributed by atoms with Gasteiger partial charge in [0, 0.05) is 29.2 Å². The fourth-order valence-corrected chi connectivity index (χ4v) is 2.53. The van der Waals surface area contributed by atoms with Crippen LogP contribution >= 0.6 is 0 Å². The van der Waals surface area contributed by atoms with Gasteiger partial charge in [0.1, 0.15) is 0 Å². The Bertz CT molecular complexity index is 670. The minimum Gasteiger partial charge on any atom is -0.392 e. The third kappa shape index (κ3) is 2.40. The van der Waals surface area contributed by atoms with Crippen molar-refractivity contribution in [3.63, 3.8) is 0 Å². The van der Waals surface area contributed by atoms with Crippen LogP contribution in [-0.4, -0.2) is 9.67 Å². The van der Waals surface area contributed by atoms with Crippen molar-refractivity contribution in [3.05, 3.63) is 71.9 Å². The lowest BCUT2D eigenvalue weighted by Crippen LogP contribution is -1.99. The molecule has 0 aliphatic rings. The maximum Gasteiger partial charge on any atom is 0.0702 e. The molecule has 2 nitrogen and oxygen atoms in total. The summed E-state index contributed by atoms with van der Waals surface area (Å²) in [6, 6.07) is 18.7. The molecule has 0 radical (unpaired) electrons. The fourth-order valence-electron chi connectivity index (χ4n) is 2.53. The number of aliphatic hydroxyl groups is 1. The highest BCUT2D eigenvalue weighted by Gasteiger charge is 2.06. The number of hydrogen-bond acceptors (Lipinski definition) is 1. The van der Waals surface area contributed by atoms with Crippen LogP contribution in [0.3, 0.4) is 0 Å². The number of fused-ring (bicyclic) bond motifs is 1. The molecule has 1 aromatic heterocycles. The van der Waals surface area contributed by atoms with Crippen molar-refractivity contribution in [2.45, 2.75) is 19.6 Å². The summed E-state index contributed by atoms with van der Waals surface area (Å²) in [7, 11) is 0. The molecule has 19 heavy (non-hydrogen) atoms. The van der Waals surface area contributed by atoms with Gasteiger partial charge in [-0.3, -0.25) is 0 Å². The average molecular weight is 251 g/mol. The molecule has 2 aromatic carbocycles. The quantitative estimate of drug-likeness (QED) is 0.755. The highest BCUT2D eigenvalue weighted by molar-refractivity contribution is 5.83. The third-order valence-electron chi connectivity index (χ3n) is 3.53. The van der Waals surface area contributed by atoms with Gasteiger partial charge in [-0.2, -0.15) is 0 Å². The van der Waals surface area contributed by atoms with Crippen LogP contribution in [0.2, 0.25) is 0 Å². The van der Waals surface area contributed by atoms with Crippen LogP contribution < -0.4 is 0 Å². The highest BCUT2D eigenvalue weighted by Crippen LogP contribution is 2.21. The van der Waals surface area contributed by atoms with Crippen molar-refractivity contribution < 1.29 is 5.11 Å². The van der Waals surface area contributed by atoms with E-state index >= 15 is 0 Å². The Kier molecular flexibility index (Phi) is 3.34. The second-order valence-electron chi connectivity index (χ2n) is 4.76. The van der Waals surface area contributed by atoms with Crippen molar-refractivity contribution in [1.82, 2.24) is 4.57 Å². The SMILES string of the molecule is OCc1cn(CCc2ccccc2)c2ccccc12. The summed E-state index contributed by atoms with van der Waals surface area (Å²) in [5.41, 5.74) is 3.54. The monoisotopic (exact) mass is 251 g/mol. The van der Waals surface area contributed by atoms with E-state index < -0.39 is 0 Å². The standard InChI is InChI=1S/C17H17NO/c19-13-15-12-18(17-9-5-4-8-16(15)17)11-10-14-6-2-1-3-7-14/h1-9,12,19H,10-11,13H2. The Morgan fingerprint density at radius 3 is 2.42 bits per heavy atom. The molecule has 0 unspecified atom stereocenters. The molecule has 2 heteroatoms. The van der Waals surface area contributed by atoms with Crippen LogP contribution in [-0.2, 0) is 19.6 Å². The molecule has 0 amide bonds. The molecule has 0 aliphatic carbocycles. The minimum absolute atomic E-state index is 0.0961. The molecule has 1 N–H and O–H groups in total. The summed E-state index contributed by atoms with van der Waals surface area (Å²) in [6.45, 7) is 1.03. The van der Waals surface area contributed by atoms with Gasteiger partial charge in [0.15, 0.2) is 0 Å². The molecule has 3 rings (SSSR count). The summed E-state index contributed by atoms with van der Waals surface area (Å²) in [4.78, 5) is 0. The third-order valence-corrected chi connectivity index (χ3v) is 3.53. The Labute approximate surface area is 112 Å². The fraction of sp³-hybridized carbons (Fsp3) is 0.176. The van der Waals surface area contributed by atoms with E-state index in [0.717, 1.165) is 23.9 Å². The summed E-state index contributed by atoms with van der Waals surface area (Å²) < 4.78 is 2.23. The summed E-state index contributed by atoms with van der Waals surface area (Å²) in [5, 5.41) is 10.6. The molecule has 0 spiro atoms. The second-order valence-corrected chi connectivity index (χ2v) is 4.76. The Morgan fingerprint density at radius 1 is 0.895 bits per heavy atom. The van der Waals surface area contributed by atoms with Gasteiger partial charge in [0.2, 0.25) is 0 Å². The number of aryl methyl sites for hydroxylation is 2. The smallest absolute Gasteiger partial charge is 0.0702 e. The van der Waals surface area contributed by atoms with E-state index in [1.54, 1.807) is 0 Å². The van der Waals surface area contributed by atoms with Gasteiger partial charge in [0.05, 0.1) is 6.61 Å². The van der Waals surface area contributed by atoms with Gasteiger partial charge >= 0.3 is 0 Å². The van der Waals surface area contributed by atoms with Gasteiger partial charge in [-0.25, -0.2) is 0 Å². The molecule has 0 atom stereocenters. The van der Waals surface area contributed by atoms with E-state index in [-0.39, 0.29) is 6.61 Å². The molecule has 3 aromatic rings. The number of hydrogen-bond donors (Lipinski definition) is 1. The first-order chi connectivity index (χ1) is 9.38. The van der Waals surface area contributed by atoms with Gasteiger partial charge < -0.3 is 9.67 Å². The van der Waals surface area contributed by atoms with Gasteiger partial charge in [-0.1, -0.05) is 48.5 Å². The summed E-state index contributed by atoms with van der Waals surface area (Å²) >= 11 is 0. The molecule has 0 saturated carbocycles. The first-order valence-electron chi connectivity index (χ1n) is 6.60. The molecule has 1 heterocycles. The van der Waals surface area contributed by atoms with Gasteiger partial charge in [-0.05, 0) is 18.1 Å². The second kappa shape index (κ2) is 5.29. The first-order valence-corrected chi connectivity index (χ1v) is 6.60. The van der Waals surface area contributed by atoms with Crippen LogP contribution in [0.4, 0.5) is 0 Å². The lowest BCUT2D eigenvalue weighted by atomic mass is 10.1. The molecular weight excluding hydrogens is 234 g/mol. The Morgan fingerprint density at radius 2 is 1.63 bits per heavy atom. The van der Waals surface area contributed by atoms with Crippen molar-refractivity contribution in [2.75, 3.05) is 0 Å². The molecule has 0 aliphatic heterocycles. The number of para-hydroxylation sites is 1. The molecule has 0 saturated heterocycles.